The Balaban J connectivity index is 1.63. The number of halogens is 1. The summed E-state index contributed by atoms with van der Waals surface area (Å²) in [4.78, 5) is 13.3. The summed E-state index contributed by atoms with van der Waals surface area (Å²) in [5.41, 5.74) is 2.76. The van der Waals surface area contributed by atoms with E-state index in [1.807, 2.05) is 48.5 Å². The predicted octanol–water partition coefficient (Wildman–Crippen LogP) is 5.03. The van der Waals surface area contributed by atoms with Crippen LogP contribution in [0.2, 0.25) is 0 Å². The van der Waals surface area contributed by atoms with E-state index in [1.165, 1.54) is 12.1 Å². The Labute approximate surface area is 162 Å². The van der Waals surface area contributed by atoms with Crippen LogP contribution in [0, 0.1) is 5.82 Å². The van der Waals surface area contributed by atoms with Gasteiger partial charge in [-0.1, -0.05) is 30.3 Å². The van der Waals surface area contributed by atoms with E-state index in [-0.39, 0.29) is 5.82 Å². The van der Waals surface area contributed by atoms with E-state index < -0.39 is 0 Å². The molecule has 0 saturated carbocycles. The SMILES string of the molecule is Fc1ccc(Nc2cc(NCc3ccncc3)nc(-c3ccccc3)n2)cc1. The molecule has 0 amide bonds. The zero-order valence-electron chi connectivity index (χ0n) is 15.0. The smallest absolute Gasteiger partial charge is 0.163 e. The molecule has 0 bridgehead atoms. The molecule has 0 saturated heterocycles. The fourth-order valence-electron chi connectivity index (χ4n) is 2.69. The van der Waals surface area contributed by atoms with E-state index in [2.05, 4.69) is 25.6 Å². The van der Waals surface area contributed by atoms with Gasteiger partial charge in [0.05, 0.1) is 0 Å². The highest BCUT2D eigenvalue weighted by Crippen LogP contribution is 2.23. The molecule has 0 spiro atoms. The fraction of sp³-hybridized carbons (Fsp3) is 0.0455. The number of aromatic nitrogens is 3. The lowest BCUT2D eigenvalue weighted by molar-refractivity contribution is 0.628. The Kier molecular flexibility index (Phi) is 5.20. The lowest BCUT2D eigenvalue weighted by Crippen LogP contribution is -2.05. The first-order valence-electron chi connectivity index (χ1n) is 8.86. The molecule has 4 rings (SSSR count). The van der Waals surface area contributed by atoms with Crippen LogP contribution in [0.15, 0.2) is 85.2 Å². The van der Waals surface area contributed by atoms with E-state index in [0.717, 1.165) is 16.8 Å². The van der Waals surface area contributed by atoms with E-state index in [1.54, 1.807) is 24.5 Å². The monoisotopic (exact) mass is 371 g/mol. The summed E-state index contributed by atoms with van der Waals surface area (Å²) in [6.45, 7) is 0.615. The molecule has 138 valence electrons. The van der Waals surface area contributed by atoms with E-state index in [9.17, 15) is 4.39 Å². The Morgan fingerprint density at radius 1 is 0.786 bits per heavy atom. The van der Waals surface area contributed by atoms with Crippen molar-refractivity contribution >= 4 is 17.3 Å². The van der Waals surface area contributed by atoms with Crippen LogP contribution in [-0.4, -0.2) is 15.0 Å². The quantitative estimate of drug-likeness (QED) is 0.497. The molecule has 0 atom stereocenters. The first-order chi connectivity index (χ1) is 13.8. The van der Waals surface area contributed by atoms with Gasteiger partial charge in [-0.3, -0.25) is 4.98 Å². The highest BCUT2D eigenvalue weighted by molar-refractivity contribution is 5.65. The minimum atomic E-state index is -0.280. The maximum Gasteiger partial charge on any atom is 0.163 e. The second kappa shape index (κ2) is 8.26. The molecule has 0 aliphatic rings. The summed E-state index contributed by atoms with van der Waals surface area (Å²) in [7, 11) is 0. The van der Waals surface area contributed by atoms with E-state index >= 15 is 0 Å². The lowest BCUT2D eigenvalue weighted by Gasteiger charge is -2.12. The number of benzene rings is 2. The Bertz CT molecular complexity index is 1040. The molecular weight excluding hydrogens is 353 g/mol. The summed E-state index contributed by atoms with van der Waals surface area (Å²) in [5, 5.41) is 6.54. The summed E-state index contributed by atoms with van der Waals surface area (Å²) in [5.74, 6) is 1.64. The minimum Gasteiger partial charge on any atom is -0.366 e. The molecule has 2 N–H and O–H groups in total. The van der Waals surface area contributed by atoms with Crippen molar-refractivity contribution in [2.45, 2.75) is 6.54 Å². The average molecular weight is 371 g/mol. The van der Waals surface area contributed by atoms with E-state index in [4.69, 9.17) is 0 Å². The number of nitrogens with zero attached hydrogens (tertiary/aromatic N) is 3. The molecule has 4 aromatic rings. The molecule has 5 nitrogen and oxygen atoms in total. The van der Waals surface area contributed by atoms with Crippen LogP contribution >= 0.6 is 0 Å². The van der Waals surface area contributed by atoms with Crippen LogP contribution in [0.4, 0.5) is 21.7 Å². The normalized spacial score (nSPS) is 10.5. The van der Waals surface area contributed by atoms with Crippen LogP contribution in [0.3, 0.4) is 0 Å². The molecule has 0 unspecified atom stereocenters. The molecule has 0 radical (unpaired) electrons. The van der Waals surface area contributed by atoms with Crippen LogP contribution < -0.4 is 10.6 Å². The standard InChI is InChI=1S/C22H18FN5/c23-18-6-8-19(9-7-18)26-21-14-20(25-15-16-10-12-24-13-11-16)27-22(28-21)17-4-2-1-3-5-17/h1-14H,15H2,(H2,25,26,27,28). The van der Waals surface area contributed by atoms with Gasteiger partial charge in [0.15, 0.2) is 5.82 Å². The Morgan fingerprint density at radius 2 is 1.50 bits per heavy atom. The van der Waals surface area contributed by atoms with Crippen molar-refractivity contribution < 1.29 is 4.39 Å². The van der Waals surface area contributed by atoms with Crippen molar-refractivity contribution in [2.75, 3.05) is 10.6 Å². The van der Waals surface area contributed by atoms with Crippen LogP contribution in [-0.2, 0) is 6.54 Å². The van der Waals surface area contributed by atoms with Gasteiger partial charge < -0.3 is 10.6 Å². The van der Waals surface area contributed by atoms with Crippen molar-refractivity contribution in [2.24, 2.45) is 0 Å². The first-order valence-corrected chi connectivity index (χ1v) is 8.86. The van der Waals surface area contributed by atoms with Gasteiger partial charge in [-0.25, -0.2) is 14.4 Å². The molecule has 0 fully saturated rings. The summed E-state index contributed by atoms with van der Waals surface area (Å²) in [6.07, 6.45) is 3.52. The molecule has 0 aliphatic carbocycles. The fourth-order valence-corrected chi connectivity index (χ4v) is 2.69. The Morgan fingerprint density at radius 3 is 2.25 bits per heavy atom. The van der Waals surface area contributed by atoms with Gasteiger partial charge in [-0.05, 0) is 42.0 Å². The Hall–Kier alpha value is -3.80. The highest BCUT2D eigenvalue weighted by atomic mass is 19.1. The number of anilines is 3. The second-order valence-electron chi connectivity index (χ2n) is 6.17. The third-order valence-electron chi connectivity index (χ3n) is 4.10. The second-order valence-corrected chi connectivity index (χ2v) is 6.17. The van der Waals surface area contributed by atoms with Crippen molar-refractivity contribution in [1.29, 1.82) is 0 Å². The maximum absolute atomic E-state index is 13.2. The summed E-state index contributed by atoms with van der Waals surface area (Å²) < 4.78 is 13.2. The third kappa shape index (κ3) is 4.48. The molecule has 2 aromatic heterocycles. The first kappa shape index (κ1) is 17.6. The van der Waals surface area contributed by atoms with Gasteiger partial charge in [0, 0.05) is 36.3 Å². The van der Waals surface area contributed by atoms with Crippen LogP contribution in [0.5, 0.6) is 0 Å². The van der Waals surface area contributed by atoms with Crippen molar-refractivity contribution in [3.63, 3.8) is 0 Å². The largest absolute Gasteiger partial charge is 0.366 e. The molecule has 2 aromatic carbocycles. The number of hydrogen-bond donors (Lipinski definition) is 2. The van der Waals surface area contributed by atoms with Crippen molar-refractivity contribution in [1.82, 2.24) is 15.0 Å². The van der Waals surface area contributed by atoms with Gasteiger partial charge in [0.1, 0.15) is 17.5 Å². The van der Waals surface area contributed by atoms with Gasteiger partial charge in [-0.15, -0.1) is 0 Å². The molecule has 0 aliphatic heterocycles. The average Bonchev–Trinajstić information content (AvgIpc) is 2.75. The summed E-state index contributed by atoms with van der Waals surface area (Å²) >= 11 is 0. The van der Waals surface area contributed by atoms with Crippen molar-refractivity contribution in [3.8, 4) is 11.4 Å². The molecular formula is C22H18FN5. The van der Waals surface area contributed by atoms with Gasteiger partial charge in [0.25, 0.3) is 0 Å². The van der Waals surface area contributed by atoms with Crippen LogP contribution in [0.25, 0.3) is 11.4 Å². The summed E-state index contributed by atoms with van der Waals surface area (Å²) in [6, 6.07) is 21.7. The predicted molar refractivity (Wildman–Crippen MR) is 109 cm³/mol. The zero-order chi connectivity index (χ0) is 19.2. The van der Waals surface area contributed by atoms with Crippen molar-refractivity contribution in [3.05, 3.63) is 96.6 Å². The topological polar surface area (TPSA) is 62.7 Å². The third-order valence-corrected chi connectivity index (χ3v) is 4.10. The number of nitrogens with one attached hydrogen (secondary N) is 2. The minimum absolute atomic E-state index is 0.280. The molecule has 28 heavy (non-hydrogen) atoms. The number of pyridine rings is 1. The molecule has 2 heterocycles. The van der Waals surface area contributed by atoms with Gasteiger partial charge in [-0.2, -0.15) is 0 Å². The van der Waals surface area contributed by atoms with Crippen LogP contribution in [0.1, 0.15) is 5.56 Å². The van der Waals surface area contributed by atoms with E-state index in [0.29, 0.717) is 24.0 Å². The zero-order valence-corrected chi connectivity index (χ0v) is 15.0. The molecule has 6 heteroatoms. The maximum atomic E-state index is 13.2. The highest BCUT2D eigenvalue weighted by Gasteiger charge is 2.08. The van der Waals surface area contributed by atoms with Gasteiger partial charge >= 0.3 is 0 Å². The number of rotatable bonds is 6. The van der Waals surface area contributed by atoms with Gasteiger partial charge in [0.2, 0.25) is 0 Å². The lowest BCUT2D eigenvalue weighted by atomic mass is 10.2. The number of hydrogen-bond acceptors (Lipinski definition) is 5.